The zero-order valence-corrected chi connectivity index (χ0v) is 11.0. The van der Waals surface area contributed by atoms with Crippen molar-refractivity contribution in [2.75, 3.05) is 6.54 Å². The number of nitrogens with zero attached hydrogens (tertiary/aromatic N) is 1. The van der Waals surface area contributed by atoms with Crippen molar-refractivity contribution in [1.82, 2.24) is 14.7 Å². The molecule has 102 valence electrons. The number of hydrogen-bond donors (Lipinski definition) is 3. The number of aliphatic hydroxyl groups is 1. The first-order valence-electron chi connectivity index (χ1n) is 5.78. The number of H-pyrrole nitrogens is 1. The predicted octanol–water partition coefficient (Wildman–Crippen LogP) is 0.423. The molecule has 0 saturated carbocycles. The lowest BCUT2D eigenvalue weighted by Gasteiger charge is -2.04. The fraction of sp³-hybridized carbons (Fsp3) is 0.250. The number of aliphatic hydroxyl groups excluding tert-OH is 1. The van der Waals surface area contributed by atoms with Crippen molar-refractivity contribution in [3.05, 3.63) is 48.0 Å². The lowest BCUT2D eigenvalue weighted by molar-refractivity contribution is 0.277. The Labute approximate surface area is 111 Å². The van der Waals surface area contributed by atoms with Crippen LogP contribution in [0.1, 0.15) is 11.3 Å². The molecule has 0 spiro atoms. The smallest absolute Gasteiger partial charge is 0.242 e. The Hall–Kier alpha value is -1.70. The SMILES string of the molecule is O=S(=O)(NCCc1ccncc1)c1c[nH]c(CO)c1. The van der Waals surface area contributed by atoms with Crippen molar-refractivity contribution in [3.8, 4) is 0 Å². The largest absolute Gasteiger partial charge is 0.390 e. The number of nitrogens with one attached hydrogen (secondary N) is 2. The number of aromatic amines is 1. The second-order valence-corrected chi connectivity index (χ2v) is 5.79. The third kappa shape index (κ3) is 3.63. The number of rotatable bonds is 6. The molecule has 6 nitrogen and oxygen atoms in total. The van der Waals surface area contributed by atoms with Gasteiger partial charge >= 0.3 is 0 Å². The molecule has 0 unspecified atom stereocenters. The zero-order chi connectivity index (χ0) is 13.7. The average molecular weight is 281 g/mol. The maximum Gasteiger partial charge on any atom is 0.242 e. The van der Waals surface area contributed by atoms with Gasteiger partial charge < -0.3 is 10.1 Å². The summed E-state index contributed by atoms with van der Waals surface area (Å²) < 4.78 is 26.4. The van der Waals surface area contributed by atoms with Crippen LogP contribution in [0.3, 0.4) is 0 Å². The summed E-state index contributed by atoms with van der Waals surface area (Å²) in [4.78, 5) is 6.72. The Bertz CT molecular complexity index is 623. The Morgan fingerprint density at radius 2 is 2.05 bits per heavy atom. The highest BCUT2D eigenvalue weighted by Crippen LogP contribution is 2.10. The van der Waals surface area contributed by atoms with Gasteiger partial charge in [0.15, 0.2) is 0 Å². The van der Waals surface area contributed by atoms with E-state index in [1.807, 2.05) is 12.1 Å². The molecule has 0 aliphatic rings. The van der Waals surface area contributed by atoms with Crippen LogP contribution in [0, 0.1) is 0 Å². The summed E-state index contributed by atoms with van der Waals surface area (Å²) in [6.45, 7) is 0.0958. The Balaban J connectivity index is 1.94. The second-order valence-electron chi connectivity index (χ2n) is 4.02. The first-order valence-corrected chi connectivity index (χ1v) is 7.27. The third-order valence-corrected chi connectivity index (χ3v) is 4.09. The topological polar surface area (TPSA) is 95.1 Å². The van der Waals surface area contributed by atoms with Crippen LogP contribution >= 0.6 is 0 Å². The summed E-state index contributed by atoms with van der Waals surface area (Å²) >= 11 is 0. The van der Waals surface area contributed by atoms with Crippen LogP contribution in [0.5, 0.6) is 0 Å². The van der Waals surface area contributed by atoms with Crippen LogP contribution in [-0.4, -0.2) is 30.0 Å². The van der Waals surface area contributed by atoms with Crippen molar-refractivity contribution in [1.29, 1.82) is 0 Å². The molecule has 0 aromatic carbocycles. The molecule has 2 aromatic heterocycles. The van der Waals surface area contributed by atoms with Gasteiger partial charge in [-0.15, -0.1) is 0 Å². The highest BCUT2D eigenvalue weighted by Gasteiger charge is 2.15. The molecule has 2 heterocycles. The molecule has 0 radical (unpaired) electrons. The summed E-state index contributed by atoms with van der Waals surface area (Å²) in [5, 5.41) is 8.89. The zero-order valence-electron chi connectivity index (χ0n) is 10.2. The summed E-state index contributed by atoms with van der Waals surface area (Å²) in [6.07, 6.45) is 5.30. The van der Waals surface area contributed by atoms with Crippen molar-refractivity contribution in [3.63, 3.8) is 0 Å². The fourth-order valence-electron chi connectivity index (χ4n) is 1.63. The summed E-state index contributed by atoms with van der Waals surface area (Å²) in [5.41, 5.74) is 1.48. The Morgan fingerprint density at radius 3 is 2.68 bits per heavy atom. The quantitative estimate of drug-likeness (QED) is 0.715. The molecule has 7 heteroatoms. The molecule has 0 bridgehead atoms. The van der Waals surface area contributed by atoms with Crippen molar-refractivity contribution in [2.24, 2.45) is 0 Å². The summed E-state index contributed by atoms with van der Waals surface area (Å²) in [6, 6.07) is 5.09. The average Bonchev–Trinajstić information content (AvgIpc) is 2.89. The van der Waals surface area contributed by atoms with Gasteiger partial charge in [0.1, 0.15) is 0 Å². The second kappa shape index (κ2) is 5.96. The number of sulfonamides is 1. The first-order chi connectivity index (χ1) is 9.12. The van der Waals surface area contributed by atoms with E-state index in [1.54, 1.807) is 12.4 Å². The van der Waals surface area contributed by atoms with Crippen LogP contribution in [-0.2, 0) is 23.1 Å². The highest BCUT2D eigenvalue weighted by atomic mass is 32.2. The van der Waals surface area contributed by atoms with Gasteiger partial charge in [0.05, 0.1) is 11.5 Å². The van der Waals surface area contributed by atoms with Gasteiger partial charge in [-0.1, -0.05) is 0 Å². The van der Waals surface area contributed by atoms with E-state index in [1.165, 1.54) is 12.3 Å². The van der Waals surface area contributed by atoms with Gasteiger partial charge in [-0.3, -0.25) is 4.98 Å². The van der Waals surface area contributed by atoms with Gasteiger partial charge in [-0.25, -0.2) is 13.1 Å². The van der Waals surface area contributed by atoms with Crippen molar-refractivity contribution < 1.29 is 13.5 Å². The number of hydrogen-bond acceptors (Lipinski definition) is 4. The minimum absolute atomic E-state index is 0.131. The van der Waals surface area contributed by atoms with E-state index in [2.05, 4.69) is 14.7 Å². The molecule has 0 aliphatic carbocycles. The molecule has 0 amide bonds. The standard InChI is InChI=1S/C12H15N3O3S/c16-9-11-7-12(8-14-11)19(17,18)15-6-3-10-1-4-13-5-2-10/h1-2,4-5,7-8,14-16H,3,6,9H2. The van der Waals surface area contributed by atoms with Gasteiger partial charge in [0.2, 0.25) is 10.0 Å². The molecule has 19 heavy (non-hydrogen) atoms. The minimum Gasteiger partial charge on any atom is -0.390 e. The minimum atomic E-state index is -3.53. The van der Waals surface area contributed by atoms with E-state index < -0.39 is 10.0 Å². The normalized spacial score (nSPS) is 11.6. The fourth-order valence-corrected chi connectivity index (χ4v) is 2.68. The van der Waals surface area contributed by atoms with Crippen LogP contribution in [0.4, 0.5) is 0 Å². The lowest BCUT2D eigenvalue weighted by atomic mass is 10.2. The van der Waals surface area contributed by atoms with Gasteiger partial charge in [0.25, 0.3) is 0 Å². The summed E-state index contributed by atoms with van der Waals surface area (Å²) in [7, 11) is -3.53. The molecule has 3 N–H and O–H groups in total. The molecule has 0 saturated heterocycles. The maximum atomic E-state index is 11.9. The summed E-state index contributed by atoms with van der Waals surface area (Å²) in [5.74, 6) is 0. The van der Waals surface area contributed by atoms with E-state index in [9.17, 15) is 8.42 Å². The van der Waals surface area contributed by atoms with Crippen molar-refractivity contribution in [2.45, 2.75) is 17.9 Å². The lowest BCUT2D eigenvalue weighted by Crippen LogP contribution is -2.25. The van der Waals surface area contributed by atoms with Crippen LogP contribution < -0.4 is 4.72 Å². The molecule has 0 aliphatic heterocycles. The van der Waals surface area contributed by atoms with E-state index >= 15 is 0 Å². The van der Waals surface area contributed by atoms with E-state index in [0.717, 1.165) is 5.56 Å². The van der Waals surface area contributed by atoms with E-state index in [-0.39, 0.29) is 11.5 Å². The Kier molecular flexibility index (Phi) is 4.31. The van der Waals surface area contributed by atoms with Gasteiger partial charge in [0, 0.05) is 30.8 Å². The molecule has 0 atom stereocenters. The van der Waals surface area contributed by atoms with Gasteiger partial charge in [-0.2, -0.15) is 0 Å². The third-order valence-electron chi connectivity index (χ3n) is 2.65. The molecule has 2 rings (SSSR count). The van der Waals surface area contributed by atoms with Crippen LogP contribution in [0.15, 0.2) is 41.7 Å². The van der Waals surface area contributed by atoms with Crippen molar-refractivity contribution >= 4 is 10.0 Å². The van der Waals surface area contributed by atoms with E-state index in [0.29, 0.717) is 18.7 Å². The monoisotopic (exact) mass is 281 g/mol. The van der Waals surface area contributed by atoms with Crippen LogP contribution in [0.25, 0.3) is 0 Å². The van der Waals surface area contributed by atoms with Crippen LogP contribution in [0.2, 0.25) is 0 Å². The predicted molar refractivity (Wildman–Crippen MR) is 69.8 cm³/mol. The number of aromatic nitrogens is 2. The molecular weight excluding hydrogens is 266 g/mol. The molecular formula is C12H15N3O3S. The maximum absolute atomic E-state index is 11.9. The van der Waals surface area contributed by atoms with Gasteiger partial charge in [-0.05, 0) is 30.2 Å². The Morgan fingerprint density at radius 1 is 1.32 bits per heavy atom. The number of pyridine rings is 1. The first kappa shape index (κ1) is 13.7. The molecule has 0 fully saturated rings. The van der Waals surface area contributed by atoms with E-state index in [4.69, 9.17) is 5.11 Å². The molecule has 2 aromatic rings. The highest BCUT2D eigenvalue weighted by molar-refractivity contribution is 7.89.